The summed E-state index contributed by atoms with van der Waals surface area (Å²) in [6, 6.07) is 15.8. The van der Waals surface area contributed by atoms with Crippen LogP contribution in [0.15, 0.2) is 59.7 Å². The number of piperazine rings is 1. The summed E-state index contributed by atoms with van der Waals surface area (Å²) in [5, 5.41) is 6.11. The lowest BCUT2D eigenvalue weighted by Gasteiger charge is -2.30. The SMILES string of the molecule is FC(F)(F)c1ccccc1/C=N\N1CC[NH+](Cc2ccccc2)CC1. The van der Waals surface area contributed by atoms with Crippen LogP contribution < -0.4 is 4.90 Å². The molecule has 1 aliphatic rings. The molecule has 1 aliphatic heterocycles. The molecular formula is C19H21F3N3+. The van der Waals surface area contributed by atoms with Crippen LogP contribution in [0.5, 0.6) is 0 Å². The first kappa shape index (κ1) is 17.5. The van der Waals surface area contributed by atoms with E-state index in [1.807, 2.05) is 23.2 Å². The van der Waals surface area contributed by atoms with E-state index in [2.05, 4.69) is 17.2 Å². The summed E-state index contributed by atoms with van der Waals surface area (Å²) >= 11 is 0. The van der Waals surface area contributed by atoms with Gasteiger partial charge in [-0.25, -0.2) is 0 Å². The van der Waals surface area contributed by atoms with Crippen LogP contribution in [-0.4, -0.2) is 37.4 Å². The molecule has 0 unspecified atom stereocenters. The predicted octanol–water partition coefficient (Wildman–Crippen LogP) is 2.44. The molecule has 1 heterocycles. The van der Waals surface area contributed by atoms with Gasteiger partial charge in [0.25, 0.3) is 0 Å². The molecule has 25 heavy (non-hydrogen) atoms. The minimum absolute atomic E-state index is 0.106. The molecule has 2 aromatic carbocycles. The number of nitrogens with one attached hydrogen (secondary N) is 1. The van der Waals surface area contributed by atoms with Gasteiger partial charge < -0.3 is 4.90 Å². The van der Waals surface area contributed by atoms with Crippen molar-refractivity contribution in [2.75, 3.05) is 26.2 Å². The fourth-order valence-corrected chi connectivity index (χ4v) is 3.00. The monoisotopic (exact) mass is 348 g/mol. The Bertz CT molecular complexity index is 705. The smallest absolute Gasteiger partial charge is 0.328 e. The third-order valence-corrected chi connectivity index (χ3v) is 4.37. The highest BCUT2D eigenvalue weighted by Gasteiger charge is 2.32. The van der Waals surface area contributed by atoms with E-state index in [0.717, 1.165) is 38.8 Å². The highest BCUT2D eigenvalue weighted by atomic mass is 19.4. The molecule has 0 atom stereocenters. The molecule has 3 nitrogen and oxygen atoms in total. The van der Waals surface area contributed by atoms with Crippen LogP contribution >= 0.6 is 0 Å². The van der Waals surface area contributed by atoms with E-state index in [1.54, 1.807) is 6.07 Å². The summed E-state index contributed by atoms with van der Waals surface area (Å²) in [5.41, 5.74) is 0.759. The molecule has 6 heteroatoms. The first-order chi connectivity index (χ1) is 12.0. The standard InChI is InChI=1S/C19H20F3N3/c20-19(21,22)18-9-5-4-8-17(18)14-23-25-12-10-24(11-13-25)15-16-6-2-1-3-7-16/h1-9,14H,10-13,15H2/p+1/b23-14-. The Hall–Kier alpha value is -2.34. The summed E-state index contributed by atoms with van der Waals surface area (Å²) in [7, 11) is 0. The van der Waals surface area contributed by atoms with Gasteiger partial charge in [-0.2, -0.15) is 18.3 Å². The molecule has 0 aromatic heterocycles. The van der Waals surface area contributed by atoms with Crippen molar-refractivity contribution in [2.45, 2.75) is 12.7 Å². The van der Waals surface area contributed by atoms with Gasteiger partial charge in [0.05, 0.1) is 38.0 Å². The van der Waals surface area contributed by atoms with Crippen LogP contribution in [0.3, 0.4) is 0 Å². The Labute approximate surface area is 145 Å². The van der Waals surface area contributed by atoms with E-state index in [0.29, 0.717) is 0 Å². The van der Waals surface area contributed by atoms with Crippen molar-refractivity contribution in [2.24, 2.45) is 5.10 Å². The minimum Gasteiger partial charge on any atom is -0.328 e. The second-order valence-electron chi connectivity index (χ2n) is 6.20. The maximum Gasteiger partial charge on any atom is 0.417 e. The first-order valence-electron chi connectivity index (χ1n) is 8.35. The maximum absolute atomic E-state index is 13.0. The molecule has 0 bridgehead atoms. The average molecular weight is 348 g/mol. The van der Waals surface area contributed by atoms with Crippen molar-refractivity contribution in [3.63, 3.8) is 0 Å². The second kappa shape index (κ2) is 7.70. The van der Waals surface area contributed by atoms with Crippen molar-refractivity contribution in [3.8, 4) is 0 Å². The minimum atomic E-state index is -4.36. The number of hydrogen-bond acceptors (Lipinski definition) is 2. The Morgan fingerprint density at radius 2 is 1.60 bits per heavy atom. The number of quaternary nitrogens is 1. The van der Waals surface area contributed by atoms with Gasteiger partial charge in [-0.15, -0.1) is 0 Å². The molecule has 0 amide bonds. The summed E-state index contributed by atoms with van der Waals surface area (Å²) in [6.07, 6.45) is -3.04. The van der Waals surface area contributed by atoms with E-state index in [-0.39, 0.29) is 5.56 Å². The Morgan fingerprint density at radius 3 is 2.28 bits per heavy atom. The Morgan fingerprint density at radius 1 is 0.960 bits per heavy atom. The van der Waals surface area contributed by atoms with Crippen molar-refractivity contribution in [1.29, 1.82) is 0 Å². The second-order valence-corrected chi connectivity index (χ2v) is 6.20. The van der Waals surface area contributed by atoms with E-state index >= 15 is 0 Å². The molecule has 0 saturated carbocycles. The molecule has 0 spiro atoms. The van der Waals surface area contributed by atoms with Crippen molar-refractivity contribution in [1.82, 2.24) is 5.01 Å². The molecular weight excluding hydrogens is 327 g/mol. The number of nitrogens with zero attached hydrogens (tertiary/aromatic N) is 2. The fourth-order valence-electron chi connectivity index (χ4n) is 3.00. The third kappa shape index (κ3) is 4.82. The van der Waals surface area contributed by atoms with Gasteiger partial charge >= 0.3 is 6.18 Å². The van der Waals surface area contributed by atoms with Crippen LogP contribution in [0.2, 0.25) is 0 Å². The Kier molecular flexibility index (Phi) is 5.38. The van der Waals surface area contributed by atoms with Gasteiger partial charge in [0.1, 0.15) is 6.54 Å². The number of halogens is 3. The van der Waals surface area contributed by atoms with Gasteiger partial charge in [0, 0.05) is 11.1 Å². The van der Waals surface area contributed by atoms with Crippen molar-refractivity contribution < 1.29 is 18.1 Å². The number of hydrogen-bond donors (Lipinski definition) is 1. The van der Waals surface area contributed by atoms with E-state index < -0.39 is 11.7 Å². The van der Waals surface area contributed by atoms with Crippen molar-refractivity contribution in [3.05, 3.63) is 71.3 Å². The maximum atomic E-state index is 13.0. The van der Waals surface area contributed by atoms with Crippen LogP contribution in [0.25, 0.3) is 0 Å². The molecule has 3 rings (SSSR count). The summed E-state index contributed by atoms with van der Waals surface area (Å²) < 4.78 is 39.0. The topological polar surface area (TPSA) is 20.0 Å². The lowest BCUT2D eigenvalue weighted by atomic mass is 10.1. The molecule has 1 saturated heterocycles. The van der Waals surface area contributed by atoms with Gasteiger partial charge in [-0.1, -0.05) is 48.5 Å². The summed E-state index contributed by atoms with van der Waals surface area (Å²) in [5.74, 6) is 0. The number of hydrazone groups is 1. The zero-order valence-corrected chi connectivity index (χ0v) is 13.8. The predicted molar refractivity (Wildman–Crippen MR) is 91.5 cm³/mol. The van der Waals surface area contributed by atoms with Gasteiger partial charge in [-0.05, 0) is 6.07 Å². The molecule has 132 valence electrons. The lowest BCUT2D eigenvalue weighted by Crippen LogP contribution is -3.13. The zero-order valence-electron chi connectivity index (χ0n) is 13.8. The van der Waals surface area contributed by atoms with Crippen LogP contribution in [-0.2, 0) is 12.7 Å². The number of alkyl halides is 3. The van der Waals surface area contributed by atoms with Crippen LogP contribution in [0, 0.1) is 0 Å². The Balaban J connectivity index is 1.57. The van der Waals surface area contributed by atoms with Crippen LogP contribution in [0.1, 0.15) is 16.7 Å². The number of rotatable bonds is 4. The summed E-state index contributed by atoms with van der Waals surface area (Å²) in [4.78, 5) is 1.47. The molecule has 0 aliphatic carbocycles. The van der Waals surface area contributed by atoms with E-state index in [4.69, 9.17) is 0 Å². The van der Waals surface area contributed by atoms with Gasteiger partial charge in [-0.3, -0.25) is 5.01 Å². The average Bonchev–Trinajstić information content (AvgIpc) is 2.61. The van der Waals surface area contributed by atoms with Crippen molar-refractivity contribution >= 4 is 6.21 Å². The highest BCUT2D eigenvalue weighted by molar-refractivity contribution is 5.81. The fraction of sp³-hybridized carbons (Fsp3) is 0.316. The number of benzene rings is 2. The largest absolute Gasteiger partial charge is 0.417 e. The molecule has 2 aromatic rings. The molecule has 1 fully saturated rings. The summed E-state index contributed by atoms with van der Waals surface area (Å²) in [6.45, 7) is 4.30. The van der Waals surface area contributed by atoms with E-state index in [9.17, 15) is 13.2 Å². The quantitative estimate of drug-likeness (QED) is 0.842. The van der Waals surface area contributed by atoms with Gasteiger partial charge in [0.15, 0.2) is 0 Å². The lowest BCUT2D eigenvalue weighted by molar-refractivity contribution is -0.918. The zero-order chi connectivity index (χ0) is 17.7. The van der Waals surface area contributed by atoms with Gasteiger partial charge in [0.2, 0.25) is 0 Å². The first-order valence-corrected chi connectivity index (χ1v) is 8.35. The highest BCUT2D eigenvalue weighted by Crippen LogP contribution is 2.31. The third-order valence-electron chi connectivity index (χ3n) is 4.37. The normalized spacial score (nSPS) is 16.5. The van der Waals surface area contributed by atoms with Crippen LogP contribution in [0.4, 0.5) is 13.2 Å². The van der Waals surface area contributed by atoms with E-state index in [1.165, 1.54) is 28.8 Å². The molecule has 0 radical (unpaired) electrons. The molecule has 1 N–H and O–H groups in total.